The van der Waals surface area contributed by atoms with E-state index in [1.165, 1.54) is 28.0 Å². The van der Waals surface area contributed by atoms with E-state index in [1.807, 2.05) is 23.9 Å². The van der Waals surface area contributed by atoms with Gasteiger partial charge in [0.1, 0.15) is 0 Å². The molecule has 2 nitrogen and oxygen atoms in total. The molecule has 2 aromatic carbocycles. The van der Waals surface area contributed by atoms with Crippen LogP contribution in [-0.2, 0) is 6.42 Å². The monoisotopic (exact) mass is 352 g/mol. The van der Waals surface area contributed by atoms with Gasteiger partial charge in [-0.15, -0.1) is 11.8 Å². The van der Waals surface area contributed by atoms with Gasteiger partial charge in [-0.25, -0.2) is 4.79 Å². The Morgan fingerprint density at radius 2 is 1.80 bits per heavy atom. The van der Waals surface area contributed by atoms with Gasteiger partial charge in [0.15, 0.2) is 0 Å². The summed E-state index contributed by atoms with van der Waals surface area (Å²) in [6.45, 7) is 6.80. The van der Waals surface area contributed by atoms with Gasteiger partial charge in [-0.05, 0) is 65.6 Å². The molecule has 1 heterocycles. The second-order valence-corrected chi connectivity index (χ2v) is 8.55. The maximum atomic E-state index is 10.9. The lowest BCUT2D eigenvalue weighted by molar-refractivity contribution is 0.0697. The highest BCUT2D eigenvalue weighted by molar-refractivity contribution is 7.99. The third-order valence-corrected chi connectivity index (χ3v) is 6.37. The number of benzene rings is 2. The van der Waals surface area contributed by atoms with Gasteiger partial charge in [-0.3, -0.25) is 0 Å². The molecule has 0 fully saturated rings. The molecule has 2 aromatic rings. The van der Waals surface area contributed by atoms with Crippen molar-refractivity contribution in [1.29, 1.82) is 0 Å². The molecule has 0 aliphatic carbocycles. The van der Waals surface area contributed by atoms with Crippen LogP contribution < -0.4 is 0 Å². The van der Waals surface area contributed by atoms with Crippen molar-refractivity contribution >= 4 is 29.4 Å². The van der Waals surface area contributed by atoms with Gasteiger partial charge < -0.3 is 5.11 Å². The van der Waals surface area contributed by atoms with E-state index in [-0.39, 0.29) is 0 Å². The Morgan fingerprint density at radius 3 is 2.48 bits per heavy atom. The molecule has 25 heavy (non-hydrogen) atoms. The zero-order valence-electron chi connectivity index (χ0n) is 15.0. The molecule has 130 valence electrons. The van der Waals surface area contributed by atoms with Gasteiger partial charge in [0.05, 0.1) is 5.56 Å². The van der Waals surface area contributed by atoms with E-state index in [2.05, 4.69) is 45.0 Å². The lowest BCUT2D eigenvalue weighted by atomic mass is 9.88. The molecule has 0 saturated heterocycles. The highest BCUT2D eigenvalue weighted by Gasteiger charge is 2.23. The molecule has 3 rings (SSSR count). The highest BCUT2D eigenvalue weighted by atomic mass is 32.2. The number of carbonyl (C=O) groups is 1. The van der Waals surface area contributed by atoms with Crippen LogP contribution in [0, 0.1) is 5.41 Å². The first-order chi connectivity index (χ1) is 11.8. The number of carboxylic acids is 1. The zero-order valence-corrected chi connectivity index (χ0v) is 15.8. The molecule has 0 atom stereocenters. The Hall–Kier alpha value is -2.00. The van der Waals surface area contributed by atoms with Crippen molar-refractivity contribution in [2.24, 2.45) is 5.41 Å². The number of hydrogen-bond donors (Lipinski definition) is 1. The normalized spacial score (nSPS) is 16.8. The van der Waals surface area contributed by atoms with Crippen LogP contribution in [0.4, 0.5) is 0 Å². The number of allylic oxidation sites excluding steroid dienone is 1. The molecule has 1 N–H and O–H groups in total. The molecular formula is C22H24O2S. The molecule has 0 spiro atoms. The van der Waals surface area contributed by atoms with Gasteiger partial charge in [0.25, 0.3) is 0 Å². The second-order valence-electron chi connectivity index (χ2n) is 7.53. The molecule has 0 saturated carbocycles. The van der Waals surface area contributed by atoms with Crippen LogP contribution in [0.5, 0.6) is 0 Å². The van der Waals surface area contributed by atoms with E-state index in [0.29, 0.717) is 11.0 Å². The fraction of sp³-hybridized carbons (Fsp3) is 0.318. The summed E-state index contributed by atoms with van der Waals surface area (Å²) in [5.74, 6) is 0.265. The summed E-state index contributed by atoms with van der Waals surface area (Å²) in [4.78, 5) is 12.3. The first-order valence-corrected chi connectivity index (χ1v) is 9.60. The fourth-order valence-electron chi connectivity index (χ4n) is 3.01. The number of aryl methyl sites for hydroxylation is 1. The quantitative estimate of drug-likeness (QED) is 0.687. The molecule has 1 aliphatic rings. The average molecular weight is 352 g/mol. The topological polar surface area (TPSA) is 37.3 Å². The second kappa shape index (κ2) is 7.09. The number of carboxylic acid groups (broad SMARTS) is 1. The van der Waals surface area contributed by atoms with Crippen LogP contribution >= 0.6 is 11.8 Å². The molecule has 0 amide bonds. The van der Waals surface area contributed by atoms with E-state index in [1.54, 1.807) is 12.1 Å². The van der Waals surface area contributed by atoms with E-state index < -0.39 is 5.97 Å². The van der Waals surface area contributed by atoms with Crippen LogP contribution in [0.25, 0.3) is 11.6 Å². The van der Waals surface area contributed by atoms with Crippen molar-refractivity contribution in [3.63, 3.8) is 0 Å². The highest BCUT2D eigenvalue weighted by Crippen LogP contribution is 2.39. The molecule has 0 bridgehead atoms. The number of thioether (sulfide) groups is 1. The zero-order chi connectivity index (χ0) is 18.0. The largest absolute Gasteiger partial charge is 0.478 e. The molecule has 0 aromatic heterocycles. The summed E-state index contributed by atoms with van der Waals surface area (Å²) in [7, 11) is 0. The Bertz CT molecular complexity index is 816. The maximum absolute atomic E-state index is 10.9. The van der Waals surface area contributed by atoms with Crippen molar-refractivity contribution in [1.82, 2.24) is 0 Å². The van der Waals surface area contributed by atoms with Gasteiger partial charge in [0.2, 0.25) is 0 Å². The number of rotatable bonds is 3. The van der Waals surface area contributed by atoms with Crippen LogP contribution in [0.15, 0.2) is 47.4 Å². The SMILES string of the molecule is CC(=Cc1ccc(C(=O)O)cc1)c1ccc2c(c1)SCC(C)(C)CC2. The summed E-state index contributed by atoms with van der Waals surface area (Å²) in [6.07, 6.45) is 4.49. The molecule has 0 unspecified atom stereocenters. The number of hydrogen-bond acceptors (Lipinski definition) is 2. The minimum atomic E-state index is -0.891. The minimum Gasteiger partial charge on any atom is -0.478 e. The van der Waals surface area contributed by atoms with Crippen molar-refractivity contribution in [3.8, 4) is 0 Å². The Morgan fingerprint density at radius 1 is 1.12 bits per heavy atom. The van der Waals surface area contributed by atoms with Crippen LogP contribution in [-0.4, -0.2) is 16.8 Å². The summed E-state index contributed by atoms with van der Waals surface area (Å²) < 4.78 is 0. The standard InChI is InChI=1S/C22H24O2S/c1-15(12-16-4-6-18(7-5-16)21(23)24)19-9-8-17-10-11-22(2,3)14-25-20(17)13-19/h4-9,12-13H,10-11,14H2,1-3H3,(H,23,24). The predicted octanol–water partition coefficient (Wildman–Crippen LogP) is 6.01. The van der Waals surface area contributed by atoms with Gasteiger partial charge >= 0.3 is 5.97 Å². The van der Waals surface area contributed by atoms with Crippen LogP contribution in [0.3, 0.4) is 0 Å². The summed E-state index contributed by atoms with van der Waals surface area (Å²) in [5, 5.41) is 8.99. The van der Waals surface area contributed by atoms with Crippen molar-refractivity contribution in [3.05, 3.63) is 64.7 Å². The molecular weight excluding hydrogens is 328 g/mol. The van der Waals surface area contributed by atoms with Gasteiger partial charge in [0, 0.05) is 10.6 Å². The molecule has 0 radical (unpaired) electrons. The Balaban J connectivity index is 1.84. The first-order valence-electron chi connectivity index (χ1n) is 8.62. The maximum Gasteiger partial charge on any atom is 0.335 e. The predicted molar refractivity (Wildman–Crippen MR) is 106 cm³/mol. The summed E-state index contributed by atoms with van der Waals surface area (Å²) in [5.41, 5.74) is 5.60. The van der Waals surface area contributed by atoms with Gasteiger partial charge in [-0.2, -0.15) is 0 Å². The summed E-state index contributed by atoms with van der Waals surface area (Å²) >= 11 is 1.97. The van der Waals surface area contributed by atoms with E-state index >= 15 is 0 Å². The number of aromatic carboxylic acids is 1. The van der Waals surface area contributed by atoms with E-state index in [9.17, 15) is 4.79 Å². The summed E-state index contributed by atoms with van der Waals surface area (Å²) in [6, 6.07) is 13.8. The third kappa shape index (κ3) is 4.35. The smallest absolute Gasteiger partial charge is 0.335 e. The first kappa shape index (κ1) is 17.8. The van der Waals surface area contributed by atoms with Crippen molar-refractivity contribution in [2.45, 2.75) is 38.5 Å². The van der Waals surface area contributed by atoms with Gasteiger partial charge in [-0.1, -0.05) is 44.2 Å². The lowest BCUT2D eigenvalue weighted by Crippen LogP contribution is -2.13. The van der Waals surface area contributed by atoms with Crippen molar-refractivity contribution < 1.29 is 9.90 Å². The lowest BCUT2D eigenvalue weighted by Gasteiger charge is -2.20. The van der Waals surface area contributed by atoms with Crippen molar-refractivity contribution in [2.75, 3.05) is 5.75 Å². The molecule has 1 aliphatic heterocycles. The molecule has 3 heteroatoms. The van der Waals surface area contributed by atoms with Crippen LogP contribution in [0.2, 0.25) is 0 Å². The van der Waals surface area contributed by atoms with E-state index in [4.69, 9.17) is 5.11 Å². The average Bonchev–Trinajstić information content (AvgIpc) is 2.73. The Kier molecular flexibility index (Phi) is 5.05. The van der Waals surface area contributed by atoms with Crippen LogP contribution in [0.1, 0.15) is 54.2 Å². The fourth-order valence-corrected chi connectivity index (χ4v) is 4.27. The number of fused-ring (bicyclic) bond motifs is 1. The minimum absolute atomic E-state index is 0.318. The Labute approximate surface area is 154 Å². The third-order valence-electron chi connectivity index (χ3n) is 4.75. The van der Waals surface area contributed by atoms with E-state index in [0.717, 1.165) is 17.7 Å².